The van der Waals surface area contributed by atoms with Crippen LogP contribution in [0.15, 0.2) is 83.5 Å². The normalized spacial score (nSPS) is 21.4. The molecule has 1 aliphatic rings. The zero-order valence-corrected chi connectivity index (χ0v) is 17.7. The summed E-state index contributed by atoms with van der Waals surface area (Å²) in [5.74, 6) is 5.00. The smallest absolute Gasteiger partial charge is 0.126 e. The lowest BCUT2D eigenvalue weighted by Gasteiger charge is -2.38. The Kier molecular flexibility index (Phi) is 7.15. The summed E-state index contributed by atoms with van der Waals surface area (Å²) in [4.78, 5) is 4.68. The average molecular weight is 423 g/mol. The minimum absolute atomic E-state index is 0.227. The monoisotopic (exact) mass is 422 g/mol. The molecule has 0 bridgehead atoms. The van der Waals surface area contributed by atoms with Gasteiger partial charge in [-0.2, -0.15) is 0 Å². The second kappa shape index (κ2) is 9.81. The quantitative estimate of drug-likeness (QED) is 0.341. The number of benzene rings is 2. The summed E-state index contributed by atoms with van der Waals surface area (Å²) < 4.78 is 27.5. The van der Waals surface area contributed by atoms with Gasteiger partial charge < -0.3 is 5.73 Å². The second-order valence-corrected chi connectivity index (χ2v) is 7.84. The van der Waals surface area contributed by atoms with E-state index < -0.39 is 5.41 Å². The van der Waals surface area contributed by atoms with Crippen molar-refractivity contribution < 1.29 is 8.78 Å². The molecule has 0 aromatic heterocycles. The minimum Gasteiger partial charge on any atom is -0.404 e. The molecule has 0 radical (unpaired) electrons. The molecule has 0 aliphatic heterocycles. The van der Waals surface area contributed by atoms with E-state index in [-0.39, 0.29) is 11.6 Å². The SMILES string of the molecule is C=CC1(Cc2ccc(C)c(F)c2)CC(=CN)C(=Nc2ccc(F)cc2)C=C1CCNN. The molecule has 0 heterocycles. The summed E-state index contributed by atoms with van der Waals surface area (Å²) in [6, 6.07) is 11.3. The molecule has 5 N–H and O–H groups in total. The van der Waals surface area contributed by atoms with Gasteiger partial charge in [0.25, 0.3) is 0 Å². The fourth-order valence-corrected chi connectivity index (χ4v) is 3.94. The first-order chi connectivity index (χ1) is 14.9. The molecule has 2 aromatic carbocycles. The molecule has 4 nitrogen and oxygen atoms in total. The van der Waals surface area contributed by atoms with Crippen LogP contribution in [-0.4, -0.2) is 12.3 Å². The molecule has 0 spiro atoms. The first kappa shape index (κ1) is 22.6. The lowest BCUT2D eigenvalue weighted by atomic mass is 9.66. The molecule has 0 saturated heterocycles. The van der Waals surface area contributed by atoms with E-state index in [2.05, 4.69) is 17.0 Å². The van der Waals surface area contributed by atoms with E-state index in [1.54, 1.807) is 37.4 Å². The van der Waals surface area contributed by atoms with Crippen LogP contribution >= 0.6 is 0 Å². The van der Waals surface area contributed by atoms with Gasteiger partial charge in [0.15, 0.2) is 0 Å². The number of nitrogens with one attached hydrogen (secondary N) is 1. The van der Waals surface area contributed by atoms with Crippen LogP contribution in [0.4, 0.5) is 14.5 Å². The maximum Gasteiger partial charge on any atom is 0.126 e. The third-order valence-electron chi connectivity index (χ3n) is 5.75. The van der Waals surface area contributed by atoms with Crippen LogP contribution in [0.1, 0.15) is 24.0 Å². The topological polar surface area (TPSA) is 76.4 Å². The molecule has 31 heavy (non-hydrogen) atoms. The summed E-state index contributed by atoms with van der Waals surface area (Å²) in [5, 5.41) is 0. The van der Waals surface area contributed by atoms with Gasteiger partial charge in [-0.25, -0.2) is 13.8 Å². The predicted molar refractivity (Wildman–Crippen MR) is 123 cm³/mol. The molecule has 162 valence electrons. The predicted octanol–water partition coefficient (Wildman–Crippen LogP) is 4.79. The summed E-state index contributed by atoms with van der Waals surface area (Å²) in [5.41, 5.74) is 13.0. The van der Waals surface area contributed by atoms with Gasteiger partial charge >= 0.3 is 0 Å². The standard InChI is InChI=1S/C25H28F2N4/c1-3-25(14-18-5-4-17(2)23(27)12-18)15-19(16-28)24(13-20(25)10-11-30-29)31-22-8-6-21(26)7-9-22/h3-9,12-13,16,30H,1,10-11,14-15,28-29H2,2H3. The van der Waals surface area contributed by atoms with Crippen LogP contribution in [-0.2, 0) is 6.42 Å². The average Bonchev–Trinajstić information content (AvgIpc) is 2.77. The molecule has 2 aromatic rings. The van der Waals surface area contributed by atoms with Crippen molar-refractivity contribution in [2.24, 2.45) is 22.0 Å². The molecule has 1 aliphatic carbocycles. The number of hydrogen-bond donors (Lipinski definition) is 3. The molecule has 6 heteroatoms. The van der Waals surface area contributed by atoms with Gasteiger partial charge in [-0.1, -0.05) is 23.8 Å². The molecule has 0 saturated carbocycles. The Labute approximate surface area is 182 Å². The van der Waals surface area contributed by atoms with Gasteiger partial charge in [-0.15, -0.1) is 6.58 Å². The summed E-state index contributed by atoms with van der Waals surface area (Å²) in [7, 11) is 0. The van der Waals surface area contributed by atoms with E-state index >= 15 is 0 Å². The second-order valence-electron chi connectivity index (χ2n) is 7.84. The molecule has 0 amide bonds. The van der Waals surface area contributed by atoms with Crippen LogP contribution in [0.3, 0.4) is 0 Å². The molecular formula is C25H28F2N4. The largest absolute Gasteiger partial charge is 0.404 e. The number of hydrazine groups is 1. The third-order valence-corrected chi connectivity index (χ3v) is 5.75. The van der Waals surface area contributed by atoms with Gasteiger partial charge in [0, 0.05) is 12.0 Å². The Morgan fingerprint density at radius 1 is 1.19 bits per heavy atom. The number of hydrogen-bond acceptors (Lipinski definition) is 4. The zero-order valence-electron chi connectivity index (χ0n) is 17.7. The summed E-state index contributed by atoms with van der Waals surface area (Å²) in [6.07, 6.45) is 7.26. The van der Waals surface area contributed by atoms with Crippen molar-refractivity contribution in [1.82, 2.24) is 5.43 Å². The molecular weight excluding hydrogens is 394 g/mol. The number of aryl methyl sites for hydroxylation is 1. The van der Waals surface area contributed by atoms with Crippen LogP contribution in [0.25, 0.3) is 0 Å². The molecule has 3 rings (SSSR count). The van der Waals surface area contributed by atoms with Crippen molar-refractivity contribution in [3.63, 3.8) is 0 Å². The van der Waals surface area contributed by atoms with Gasteiger partial charge in [-0.3, -0.25) is 11.3 Å². The van der Waals surface area contributed by atoms with E-state index in [1.807, 2.05) is 18.2 Å². The van der Waals surface area contributed by atoms with Crippen molar-refractivity contribution in [1.29, 1.82) is 0 Å². The van der Waals surface area contributed by atoms with E-state index in [0.29, 0.717) is 42.8 Å². The van der Waals surface area contributed by atoms with Crippen molar-refractivity contribution in [3.05, 3.63) is 101 Å². The molecule has 1 unspecified atom stereocenters. The van der Waals surface area contributed by atoms with Crippen molar-refractivity contribution in [2.75, 3.05) is 6.54 Å². The summed E-state index contributed by atoms with van der Waals surface area (Å²) >= 11 is 0. The first-order valence-corrected chi connectivity index (χ1v) is 10.2. The van der Waals surface area contributed by atoms with E-state index in [4.69, 9.17) is 11.6 Å². The zero-order chi connectivity index (χ0) is 22.4. The lowest BCUT2D eigenvalue weighted by Crippen LogP contribution is -2.33. The number of aliphatic imine (C=N–C) groups is 1. The van der Waals surface area contributed by atoms with E-state index in [9.17, 15) is 8.78 Å². The lowest BCUT2D eigenvalue weighted by molar-refractivity contribution is 0.431. The van der Waals surface area contributed by atoms with Gasteiger partial charge in [0.2, 0.25) is 0 Å². The Hall–Kier alpha value is -3.09. The van der Waals surface area contributed by atoms with Gasteiger partial charge in [-0.05, 0) is 85.5 Å². The maximum absolute atomic E-state index is 14.2. The highest BCUT2D eigenvalue weighted by Crippen LogP contribution is 2.44. The van der Waals surface area contributed by atoms with E-state index in [1.165, 1.54) is 12.1 Å². The highest BCUT2D eigenvalue weighted by atomic mass is 19.1. The number of halogens is 2. The Bertz CT molecular complexity index is 1040. The fourth-order valence-electron chi connectivity index (χ4n) is 3.94. The number of nitrogens with zero attached hydrogens (tertiary/aromatic N) is 1. The van der Waals surface area contributed by atoms with Crippen LogP contribution in [0, 0.1) is 24.0 Å². The van der Waals surface area contributed by atoms with Crippen LogP contribution < -0.4 is 17.0 Å². The Balaban J connectivity index is 2.06. The molecule has 1 atom stereocenters. The van der Waals surface area contributed by atoms with Crippen molar-refractivity contribution >= 4 is 11.4 Å². The highest BCUT2D eigenvalue weighted by Gasteiger charge is 2.36. The third kappa shape index (κ3) is 5.16. The molecule has 0 fully saturated rings. The number of allylic oxidation sites excluding steroid dienone is 3. The Morgan fingerprint density at radius 3 is 2.55 bits per heavy atom. The van der Waals surface area contributed by atoms with Crippen molar-refractivity contribution in [2.45, 2.75) is 26.2 Å². The maximum atomic E-state index is 14.2. The number of rotatable bonds is 7. The minimum atomic E-state index is -0.453. The van der Waals surface area contributed by atoms with Crippen molar-refractivity contribution in [3.8, 4) is 0 Å². The van der Waals surface area contributed by atoms with Gasteiger partial charge in [0.05, 0.1) is 11.4 Å². The highest BCUT2D eigenvalue weighted by molar-refractivity contribution is 6.11. The summed E-state index contributed by atoms with van der Waals surface area (Å²) in [6.45, 7) is 6.41. The number of nitrogens with two attached hydrogens (primary N) is 2. The first-order valence-electron chi connectivity index (χ1n) is 10.2. The fraction of sp³-hybridized carbons (Fsp3) is 0.240. The Morgan fingerprint density at radius 2 is 1.94 bits per heavy atom. The van der Waals surface area contributed by atoms with Gasteiger partial charge in [0.1, 0.15) is 11.6 Å². The van der Waals surface area contributed by atoms with Crippen LogP contribution in [0.5, 0.6) is 0 Å². The van der Waals surface area contributed by atoms with E-state index in [0.717, 1.165) is 16.7 Å². The van der Waals surface area contributed by atoms with Crippen LogP contribution in [0.2, 0.25) is 0 Å².